The average molecular weight is 351 g/mol. The summed E-state index contributed by atoms with van der Waals surface area (Å²) in [5.74, 6) is 0.575. The number of anilines is 1. The second-order valence-electron chi connectivity index (χ2n) is 6.01. The molecule has 0 atom stereocenters. The van der Waals surface area contributed by atoms with Crippen molar-refractivity contribution in [3.8, 4) is 5.75 Å². The molecule has 0 bridgehead atoms. The number of hydrogen-bond acceptors (Lipinski definition) is 4. The summed E-state index contributed by atoms with van der Waals surface area (Å²) in [5, 5.41) is 6.83. The van der Waals surface area contributed by atoms with Crippen LogP contribution >= 0.6 is 0 Å². The molecular weight excluding hydrogens is 330 g/mol. The van der Waals surface area contributed by atoms with Crippen LogP contribution in [0.1, 0.15) is 35.7 Å². The van der Waals surface area contributed by atoms with E-state index in [2.05, 4.69) is 15.8 Å². The Morgan fingerprint density at radius 3 is 2.58 bits per heavy atom. The van der Waals surface area contributed by atoms with Gasteiger partial charge >= 0.3 is 0 Å². The number of carbonyl (C=O) groups is 2. The molecule has 0 spiro atoms. The summed E-state index contributed by atoms with van der Waals surface area (Å²) in [6.45, 7) is 2.47. The third-order valence-corrected chi connectivity index (χ3v) is 3.95. The van der Waals surface area contributed by atoms with Crippen LogP contribution in [0.25, 0.3) is 0 Å². The van der Waals surface area contributed by atoms with Crippen molar-refractivity contribution >= 4 is 23.7 Å². The van der Waals surface area contributed by atoms with E-state index < -0.39 is 0 Å². The van der Waals surface area contributed by atoms with Gasteiger partial charge in [-0.05, 0) is 56.2 Å². The largest absolute Gasteiger partial charge is 0.493 e. The van der Waals surface area contributed by atoms with Gasteiger partial charge in [-0.1, -0.05) is 12.1 Å². The number of amides is 2. The molecule has 6 nitrogen and oxygen atoms in total. The highest BCUT2D eigenvalue weighted by atomic mass is 16.5. The highest BCUT2D eigenvalue weighted by Crippen LogP contribution is 2.30. The zero-order valence-corrected chi connectivity index (χ0v) is 14.6. The first-order chi connectivity index (χ1) is 12.7. The second-order valence-corrected chi connectivity index (χ2v) is 6.01. The Labute approximate surface area is 152 Å². The monoisotopic (exact) mass is 351 g/mol. The number of hydrazone groups is 1. The molecule has 0 heterocycles. The van der Waals surface area contributed by atoms with Crippen molar-refractivity contribution in [2.24, 2.45) is 11.0 Å². The molecule has 0 aromatic heterocycles. The minimum absolute atomic E-state index is 0.0414. The Kier molecular flexibility index (Phi) is 5.63. The molecule has 26 heavy (non-hydrogen) atoms. The number of nitrogens with one attached hydrogen (secondary N) is 2. The second kappa shape index (κ2) is 8.29. The first kappa shape index (κ1) is 17.7. The molecule has 0 aliphatic heterocycles. The maximum absolute atomic E-state index is 12.2. The Morgan fingerprint density at radius 1 is 1.15 bits per heavy atom. The van der Waals surface area contributed by atoms with Crippen molar-refractivity contribution in [2.75, 3.05) is 11.9 Å². The highest BCUT2D eigenvalue weighted by Gasteiger charge is 2.29. The van der Waals surface area contributed by atoms with E-state index in [9.17, 15) is 9.59 Å². The molecule has 1 fully saturated rings. The van der Waals surface area contributed by atoms with Crippen molar-refractivity contribution in [1.82, 2.24) is 5.43 Å². The fraction of sp³-hybridized carbons (Fsp3) is 0.250. The Morgan fingerprint density at radius 2 is 1.88 bits per heavy atom. The third kappa shape index (κ3) is 4.69. The predicted octanol–water partition coefficient (Wildman–Crippen LogP) is 3.20. The lowest BCUT2D eigenvalue weighted by Gasteiger charge is -2.06. The zero-order valence-electron chi connectivity index (χ0n) is 14.6. The van der Waals surface area contributed by atoms with Gasteiger partial charge in [-0.3, -0.25) is 9.59 Å². The molecule has 1 aliphatic rings. The minimum Gasteiger partial charge on any atom is -0.493 e. The van der Waals surface area contributed by atoms with Crippen LogP contribution < -0.4 is 15.5 Å². The first-order valence-electron chi connectivity index (χ1n) is 8.63. The molecule has 0 radical (unpaired) electrons. The van der Waals surface area contributed by atoms with Crippen LogP contribution in [0.4, 0.5) is 5.69 Å². The summed E-state index contributed by atoms with van der Waals surface area (Å²) in [7, 11) is 0. The molecule has 1 saturated carbocycles. The smallest absolute Gasteiger partial charge is 0.271 e. The molecule has 2 aromatic carbocycles. The number of ether oxygens (including phenoxy) is 1. The summed E-state index contributed by atoms with van der Waals surface area (Å²) in [6.07, 6.45) is 3.46. The van der Waals surface area contributed by atoms with Crippen LogP contribution in [0.15, 0.2) is 53.6 Å². The predicted molar refractivity (Wildman–Crippen MR) is 100 cm³/mol. The maximum atomic E-state index is 12.2. The Hall–Kier alpha value is -3.15. The van der Waals surface area contributed by atoms with E-state index in [1.807, 2.05) is 31.2 Å². The van der Waals surface area contributed by atoms with E-state index in [1.165, 1.54) is 0 Å². The van der Waals surface area contributed by atoms with E-state index in [1.54, 1.807) is 30.5 Å². The van der Waals surface area contributed by atoms with Gasteiger partial charge in [0.1, 0.15) is 5.75 Å². The Bertz CT molecular complexity index is 811. The Balaban J connectivity index is 1.57. The number of para-hydroxylation sites is 1. The SMILES string of the molecule is CCOc1ccccc1C=NNC(=O)c1ccc(NC(=O)C2CC2)cc1. The van der Waals surface area contributed by atoms with Gasteiger partial charge in [0, 0.05) is 22.7 Å². The summed E-state index contributed by atoms with van der Waals surface area (Å²) in [6, 6.07) is 14.2. The molecule has 0 saturated heterocycles. The quantitative estimate of drug-likeness (QED) is 0.594. The molecule has 0 unspecified atom stereocenters. The molecule has 2 N–H and O–H groups in total. The maximum Gasteiger partial charge on any atom is 0.271 e. The minimum atomic E-state index is -0.324. The number of benzene rings is 2. The van der Waals surface area contributed by atoms with Gasteiger partial charge in [-0.2, -0.15) is 5.10 Å². The normalized spacial score (nSPS) is 13.4. The van der Waals surface area contributed by atoms with E-state index in [4.69, 9.17) is 4.74 Å². The summed E-state index contributed by atoms with van der Waals surface area (Å²) < 4.78 is 5.51. The van der Waals surface area contributed by atoms with Crippen LogP contribution in [-0.4, -0.2) is 24.6 Å². The lowest BCUT2D eigenvalue weighted by Crippen LogP contribution is -2.18. The zero-order chi connectivity index (χ0) is 18.4. The molecule has 2 aromatic rings. The third-order valence-electron chi connectivity index (χ3n) is 3.95. The van der Waals surface area contributed by atoms with Crippen molar-refractivity contribution in [3.63, 3.8) is 0 Å². The molecule has 6 heteroatoms. The lowest BCUT2D eigenvalue weighted by atomic mass is 10.2. The summed E-state index contributed by atoms with van der Waals surface area (Å²) >= 11 is 0. The van der Waals surface area contributed by atoms with Crippen molar-refractivity contribution in [1.29, 1.82) is 0 Å². The molecule has 134 valence electrons. The van der Waals surface area contributed by atoms with Gasteiger partial charge in [0.05, 0.1) is 12.8 Å². The van der Waals surface area contributed by atoms with E-state index >= 15 is 0 Å². The van der Waals surface area contributed by atoms with Crippen molar-refractivity contribution in [2.45, 2.75) is 19.8 Å². The summed E-state index contributed by atoms with van der Waals surface area (Å²) in [5.41, 5.74) is 4.43. The molecular formula is C20H21N3O3. The summed E-state index contributed by atoms with van der Waals surface area (Å²) in [4.78, 5) is 23.9. The number of hydrogen-bond donors (Lipinski definition) is 2. The number of nitrogens with zero attached hydrogens (tertiary/aromatic N) is 1. The molecule has 3 rings (SSSR count). The average Bonchev–Trinajstić information content (AvgIpc) is 3.49. The molecule has 1 aliphatic carbocycles. The van der Waals surface area contributed by atoms with E-state index in [0.717, 1.165) is 18.4 Å². The van der Waals surface area contributed by atoms with Gasteiger partial charge in [0.25, 0.3) is 5.91 Å². The standard InChI is InChI=1S/C20H21N3O3/c1-2-26-18-6-4-3-5-16(18)13-21-23-20(25)15-9-11-17(12-10-15)22-19(24)14-7-8-14/h3-6,9-14H,2,7-8H2,1H3,(H,22,24)(H,23,25). The van der Waals surface area contributed by atoms with Crippen LogP contribution in [0.2, 0.25) is 0 Å². The van der Waals surface area contributed by atoms with E-state index in [0.29, 0.717) is 23.6 Å². The first-order valence-corrected chi connectivity index (χ1v) is 8.63. The van der Waals surface area contributed by atoms with Gasteiger partial charge in [0.2, 0.25) is 5.91 Å². The topological polar surface area (TPSA) is 79.8 Å². The number of carbonyl (C=O) groups excluding carboxylic acids is 2. The van der Waals surface area contributed by atoms with Gasteiger partial charge in [-0.25, -0.2) is 5.43 Å². The fourth-order valence-corrected chi connectivity index (χ4v) is 2.39. The fourth-order valence-electron chi connectivity index (χ4n) is 2.39. The van der Waals surface area contributed by atoms with Gasteiger partial charge in [0.15, 0.2) is 0 Å². The van der Waals surface area contributed by atoms with Crippen molar-refractivity contribution < 1.29 is 14.3 Å². The van der Waals surface area contributed by atoms with Crippen molar-refractivity contribution in [3.05, 3.63) is 59.7 Å². The van der Waals surface area contributed by atoms with Gasteiger partial charge < -0.3 is 10.1 Å². The van der Waals surface area contributed by atoms with E-state index in [-0.39, 0.29) is 17.7 Å². The lowest BCUT2D eigenvalue weighted by molar-refractivity contribution is -0.117. The highest BCUT2D eigenvalue weighted by molar-refractivity contribution is 5.97. The van der Waals surface area contributed by atoms with Crippen LogP contribution in [0.3, 0.4) is 0 Å². The number of rotatable bonds is 7. The molecule has 2 amide bonds. The van der Waals surface area contributed by atoms with Crippen LogP contribution in [-0.2, 0) is 4.79 Å². The van der Waals surface area contributed by atoms with Crippen LogP contribution in [0, 0.1) is 5.92 Å². The van der Waals surface area contributed by atoms with Gasteiger partial charge in [-0.15, -0.1) is 0 Å². The van der Waals surface area contributed by atoms with Crippen LogP contribution in [0.5, 0.6) is 5.75 Å².